The molecule has 53 heavy (non-hydrogen) atoms. The summed E-state index contributed by atoms with van der Waals surface area (Å²) in [5.41, 5.74) is 0. The van der Waals surface area contributed by atoms with Gasteiger partial charge in [0, 0.05) is 18.2 Å². The van der Waals surface area contributed by atoms with Gasteiger partial charge in [-0.25, -0.2) is 14.4 Å². The van der Waals surface area contributed by atoms with Gasteiger partial charge in [-0.2, -0.15) is 0 Å². The molecule has 20 nitrogen and oxygen atoms in total. The first-order valence-corrected chi connectivity index (χ1v) is 16.8. The lowest BCUT2D eigenvalue weighted by atomic mass is 9.96. The summed E-state index contributed by atoms with van der Waals surface area (Å²) in [6.07, 6.45) is -12.9. The smallest absolute Gasteiger partial charge is 0.330 e. The maximum atomic E-state index is 11.8. The molecule has 2 aliphatic heterocycles. The number of hydrogen-bond donors (Lipinski definition) is 8. The third-order valence-corrected chi connectivity index (χ3v) is 7.49. The minimum atomic E-state index is -1.91. The van der Waals surface area contributed by atoms with Crippen LogP contribution in [0.2, 0.25) is 0 Å². The van der Waals surface area contributed by atoms with Gasteiger partial charge in [0.15, 0.2) is 12.6 Å². The van der Waals surface area contributed by atoms with E-state index in [1.165, 1.54) is 18.2 Å². The van der Waals surface area contributed by atoms with Crippen LogP contribution in [0, 0.1) is 0 Å². The van der Waals surface area contributed by atoms with Gasteiger partial charge >= 0.3 is 17.9 Å². The van der Waals surface area contributed by atoms with E-state index in [0.717, 1.165) is 18.2 Å². The second-order valence-electron chi connectivity index (χ2n) is 11.8. The normalized spacial score (nSPS) is 31.1. The molecule has 2 aliphatic rings. The van der Waals surface area contributed by atoms with Crippen LogP contribution in [0.5, 0.6) is 0 Å². The maximum absolute atomic E-state index is 11.8. The summed E-state index contributed by atoms with van der Waals surface area (Å²) in [4.78, 5) is 35.3. The van der Waals surface area contributed by atoms with Crippen molar-refractivity contribution in [3.05, 3.63) is 36.5 Å². The fourth-order valence-electron chi connectivity index (χ4n) is 4.91. The lowest BCUT2D eigenvalue weighted by Crippen LogP contribution is -2.66. The average Bonchev–Trinajstić information content (AvgIpc) is 3.13. The molecule has 0 saturated carbocycles. The Kier molecular flexibility index (Phi) is 21.3. The highest BCUT2D eigenvalue weighted by molar-refractivity contribution is 5.82. The Labute approximate surface area is 305 Å². The largest absolute Gasteiger partial charge is 0.460 e. The van der Waals surface area contributed by atoms with Gasteiger partial charge in [0.05, 0.1) is 33.0 Å². The van der Waals surface area contributed by atoms with Crippen LogP contribution in [0.25, 0.3) is 0 Å². The summed E-state index contributed by atoms with van der Waals surface area (Å²) < 4.78 is 49.9. The Balaban J connectivity index is 2.43. The lowest BCUT2D eigenvalue weighted by Gasteiger charge is -2.48. The number of aliphatic hydroxyl groups excluding tert-OH is 8. The fourth-order valence-corrected chi connectivity index (χ4v) is 4.91. The monoisotopic (exact) mass is 768 g/mol. The highest BCUT2D eigenvalue weighted by Crippen LogP contribution is 2.33. The Hall–Kier alpha value is -2.93. The molecule has 0 spiro atoms. The Morgan fingerprint density at radius 2 is 0.962 bits per heavy atom. The third kappa shape index (κ3) is 15.4. The van der Waals surface area contributed by atoms with E-state index in [1.807, 2.05) is 0 Å². The fraction of sp³-hybridized carbons (Fsp3) is 0.727. The first-order chi connectivity index (χ1) is 25.3. The van der Waals surface area contributed by atoms with Gasteiger partial charge in [0.25, 0.3) is 0 Å². The summed E-state index contributed by atoms with van der Waals surface area (Å²) in [5, 5.41) is 83.0. The summed E-state index contributed by atoms with van der Waals surface area (Å²) in [7, 11) is 0. The standard InChI is InChI=1S/C33H52O20/c1-4-7-23(39)45-12-18(36)15-48-30-29(53-32-28(44)27(43)26(42)21(10-34)51-32)22(11-35)52-33(50-17-20(38)14-47-25(41)9-6-3)31(30)49-16-19(37)13-46-24(40)8-5-2/h4-9,18-22,26-38,42-44H,10-17H2,1-3H3/t18?,19?,20?,21-,22-,26+,27+,28-,29-,30+,31-,32+,33?/m1/s1. The van der Waals surface area contributed by atoms with Gasteiger partial charge < -0.3 is 83.5 Å². The topological polar surface area (TPSA) is 296 Å². The quantitative estimate of drug-likeness (QED) is 0.0297. The zero-order valence-electron chi connectivity index (χ0n) is 29.6. The van der Waals surface area contributed by atoms with Crippen LogP contribution in [0.3, 0.4) is 0 Å². The minimum Gasteiger partial charge on any atom is -0.460 e. The third-order valence-electron chi connectivity index (χ3n) is 7.49. The van der Waals surface area contributed by atoms with E-state index in [1.54, 1.807) is 20.8 Å². The second kappa shape index (κ2) is 24.5. The van der Waals surface area contributed by atoms with Gasteiger partial charge in [0.1, 0.15) is 87.0 Å². The number of rotatable bonds is 22. The number of carbonyl (C=O) groups excluding carboxylic acids is 3. The number of carbonyl (C=O) groups is 3. The van der Waals surface area contributed by atoms with Gasteiger partial charge in [-0.15, -0.1) is 0 Å². The van der Waals surface area contributed by atoms with Crippen molar-refractivity contribution in [1.29, 1.82) is 0 Å². The van der Waals surface area contributed by atoms with Gasteiger partial charge in [0.2, 0.25) is 0 Å². The predicted octanol–water partition coefficient (Wildman–Crippen LogP) is -3.88. The van der Waals surface area contributed by atoms with Gasteiger partial charge in [-0.3, -0.25) is 0 Å². The van der Waals surface area contributed by atoms with Crippen molar-refractivity contribution in [2.75, 3.05) is 52.9 Å². The van der Waals surface area contributed by atoms with Crippen LogP contribution in [-0.4, -0.2) is 191 Å². The maximum Gasteiger partial charge on any atom is 0.330 e. The Morgan fingerprint density at radius 3 is 1.40 bits per heavy atom. The first-order valence-electron chi connectivity index (χ1n) is 16.8. The minimum absolute atomic E-state index is 0.498. The van der Waals surface area contributed by atoms with Crippen molar-refractivity contribution in [2.45, 2.75) is 100 Å². The SMILES string of the molecule is CC=CC(=O)OCC(O)COC1O[C@H](CO)[C@@H](O[C@@H]2O[C@H](CO)[C@H](O)[C@H](O)[C@H]2O)[C@H](OCC(O)COC(=O)C=CC)[C@H]1OCC(O)COC(=O)C=CC. The summed E-state index contributed by atoms with van der Waals surface area (Å²) in [6.45, 7) is -0.159. The van der Waals surface area contributed by atoms with Crippen molar-refractivity contribution >= 4 is 17.9 Å². The number of ether oxygens (including phenoxy) is 9. The summed E-state index contributed by atoms with van der Waals surface area (Å²) in [5.74, 6) is -2.24. The summed E-state index contributed by atoms with van der Waals surface area (Å²) >= 11 is 0. The molecule has 0 aromatic rings. The number of aliphatic hydroxyl groups is 8. The van der Waals surface area contributed by atoms with E-state index >= 15 is 0 Å². The van der Waals surface area contributed by atoms with Crippen LogP contribution in [0.1, 0.15) is 20.8 Å². The van der Waals surface area contributed by atoms with Crippen LogP contribution < -0.4 is 0 Å². The molecule has 4 unspecified atom stereocenters. The molecular weight excluding hydrogens is 716 g/mol. The molecule has 0 bridgehead atoms. The molecule has 0 amide bonds. The van der Waals surface area contributed by atoms with E-state index in [2.05, 4.69) is 0 Å². The van der Waals surface area contributed by atoms with Crippen LogP contribution >= 0.6 is 0 Å². The molecule has 0 aromatic heterocycles. The molecule has 0 aliphatic carbocycles. The highest BCUT2D eigenvalue weighted by Gasteiger charge is 2.53. The van der Waals surface area contributed by atoms with Gasteiger partial charge in [-0.05, 0) is 20.8 Å². The molecule has 2 heterocycles. The van der Waals surface area contributed by atoms with E-state index in [4.69, 9.17) is 42.6 Å². The van der Waals surface area contributed by atoms with Crippen molar-refractivity contribution < 1.29 is 97.9 Å². The average molecular weight is 769 g/mol. The van der Waals surface area contributed by atoms with E-state index in [0.29, 0.717) is 0 Å². The molecule has 0 radical (unpaired) electrons. The molecule has 8 N–H and O–H groups in total. The Bertz CT molecular complexity index is 1180. The molecule has 2 saturated heterocycles. The number of esters is 3. The second-order valence-corrected chi connectivity index (χ2v) is 11.8. The molecule has 20 heteroatoms. The molecule has 13 atom stereocenters. The van der Waals surface area contributed by atoms with Crippen molar-refractivity contribution in [1.82, 2.24) is 0 Å². The predicted molar refractivity (Wildman–Crippen MR) is 175 cm³/mol. The molecule has 0 aromatic carbocycles. The molecule has 304 valence electrons. The van der Waals surface area contributed by atoms with Crippen LogP contribution in [0.15, 0.2) is 36.5 Å². The zero-order chi connectivity index (χ0) is 39.5. The van der Waals surface area contributed by atoms with E-state index < -0.39 is 150 Å². The van der Waals surface area contributed by atoms with Crippen molar-refractivity contribution in [3.8, 4) is 0 Å². The van der Waals surface area contributed by atoms with E-state index in [-0.39, 0.29) is 0 Å². The zero-order valence-corrected chi connectivity index (χ0v) is 29.6. The molecular formula is C33H52O20. The van der Waals surface area contributed by atoms with E-state index in [9.17, 15) is 55.2 Å². The molecule has 2 rings (SSSR count). The highest BCUT2D eigenvalue weighted by atomic mass is 16.8. The van der Waals surface area contributed by atoms with Crippen LogP contribution in [-0.2, 0) is 57.0 Å². The number of allylic oxidation sites excluding steroid dienone is 3. The van der Waals surface area contributed by atoms with Crippen molar-refractivity contribution in [3.63, 3.8) is 0 Å². The lowest BCUT2D eigenvalue weighted by molar-refractivity contribution is -0.369. The summed E-state index contributed by atoms with van der Waals surface area (Å²) in [6, 6.07) is 0. The van der Waals surface area contributed by atoms with Crippen LogP contribution in [0.4, 0.5) is 0 Å². The van der Waals surface area contributed by atoms with Gasteiger partial charge in [-0.1, -0.05) is 18.2 Å². The van der Waals surface area contributed by atoms with Crippen molar-refractivity contribution in [2.24, 2.45) is 0 Å². The molecule has 2 fully saturated rings. The Morgan fingerprint density at radius 1 is 0.547 bits per heavy atom. The first kappa shape index (κ1) is 46.2. The number of hydrogen-bond acceptors (Lipinski definition) is 20.